The number of rotatable bonds is 6. The molecule has 0 bridgehead atoms. The Morgan fingerprint density at radius 1 is 1.04 bits per heavy atom. The van der Waals surface area contributed by atoms with E-state index in [1.54, 1.807) is 30.5 Å². The molecule has 0 unspecified atom stereocenters. The predicted octanol–water partition coefficient (Wildman–Crippen LogP) is 3.79. The summed E-state index contributed by atoms with van der Waals surface area (Å²) in [6, 6.07) is 12.4. The van der Waals surface area contributed by atoms with E-state index in [2.05, 4.69) is 25.6 Å². The van der Waals surface area contributed by atoms with Gasteiger partial charge in [0.25, 0.3) is 0 Å². The second-order valence-corrected chi connectivity index (χ2v) is 5.37. The maximum absolute atomic E-state index is 11.5. The second-order valence-electron chi connectivity index (χ2n) is 4.96. The van der Waals surface area contributed by atoms with Crippen molar-refractivity contribution in [3.05, 3.63) is 75.7 Å². The molecule has 0 aliphatic rings. The molecular weight excluding hydrogens is 344 g/mol. The molecule has 2 aromatic heterocycles. The zero-order valence-electron chi connectivity index (χ0n) is 12.9. The van der Waals surface area contributed by atoms with Crippen molar-refractivity contribution < 1.29 is 4.92 Å². The van der Waals surface area contributed by atoms with Gasteiger partial charge in [-0.2, -0.15) is 0 Å². The molecule has 0 aliphatic carbocycles. The minimum Gasteiger partial charge on any atom is -0.360 e. The van der Waals surface area contributed by atoms with E-state index in [0.717, 1.165) is 5.56 Å². The van der Waals surface area contributed by atoms with Crippen LogP contribution in [-0.4, -0.2) is 19.9 Å². The van der Waals surface area contributed by atoms with Crippen LogP contribution in [0.25, 0.3) is 0 Å². The lowest BCUT2D eigenvalue weighted by atomic mass is 10.2. The van der Waals surface area contributed by atoms with Gasteiger partial charge in [0.1, 0.15) is 12.1 Å². The van der Waals surface area contributed by atoms with E-state index in [9.17, 15) is 10.1 Å². The van der Waals surface area contributed by atoms with Crippen LogP contribution < -0.4 is 10.6 Å². The maximum atomic E-state index is 11.5. The molecule has 3 aromatic rings. The number of hydrogen-bond donors (Lipinski definition) is 2. The van der Waals surface area contributed by atoms with Crippen LogP contribution in [0.1, 0.15) is 5.56 Å². The first-order valence-corrected chi connectivity index (χ1v) is 7.67. The third-order valence-corrected chi connectivity index (χ3v) is 3.69. The van der Waals surface area contributed by atoms with E-state index in [4.69, 9.17) is 11.6 Å². The van der Waals surface area contributed by atoms with Gasteiger partial charge in [-0.25, -0.2) is 15.0 Å². The Kier molecular flexibility index (Phi) is 5.00. The lowest BCUT2D eigenvalue weighted by molar-refractivity contribution is -0.383. The van der Waals surface area contributed by atoms with Gasteiger partial charge in [0.15, 0.2) is 0 Å². The third kappa shape index (κ3) is 3.99. The first-order chi connectivity index (χ1) is 12.1. The number of halogens is 1. The van der Waals surface area contributed by atoms with E-state index >= 15 is 0 Å². The standard InChI is InChI=1S/C16H13ClN6O2/c17-12-6-2-1-5-11(12)9-19-15-14(23(24)25)16(21-10-20-15)22-13-7-3-4-8-18-13/h1-8,10H,9H2,(H2,18,19,20,21,22). The predicted molar refractivity (Wildman–Crippen MR) is 95.0 cm³/mol. The number of hydrogen-bond acceptors (Lipinski definition) is 7. The smallest absolute Gasteiger partial charge is 0.353 e. The Balaban J connectivity index is 1.87. The lowest BCUT2D eigenvalue weighted by Crippen LogP contribution is -2.08. The van der Waals surface area contributed by atoms with Crippen molar-refractivity contribution in [2.45, 2.75) is 6.54 Å². The van der Waals surface area contributed by atoms with Crippen LogP contribution in [0.5, 0.6) is 0 Å². The summed E-state index contributed by atoms with van der Waals surface area (Å²) in [5, 5.41) is 17.9. The SMILES string of the molecule is O=[N+]([O-])c1c(NCc2ccccc2Cl)ncnc1Nc1ccccn1. The molecule has 2 heterocycles. The Morgan fingerprint density at radius 3 is 2.52 bits per heavy atom. The summed E-state index contributed by atoms with van der Waals surface area (Å²) in [6.07, 6.45) is 2.82. The Labute approximate surface area is 148 Å². The summed E-state index contributed by atoms with van der Waals surface area (Å²) < 4.78 is 0. The van der Waals surface area contributed by atoms with Gasteiger partial charge in [-0.1, -0.05) is 35.9 Å². The quantitative estimate of drug-likeness (QED) is 0.511. The molecule has 0 fully saturated rings. The number of nitrogens with one attached hydrogen (secondary N) is 2. The Bertz CT molecular complexity index is 891. The molecule has 25 heavy (non-hydrogen) atoms. The molecule has 0 radical (unpaired) electrons. The highest BCUT2D eigenvalue weighted by Gasteiger charge is 2.23. The highest BCUT2D eigenvalue weighted by Crippen LogP contribution is 2.31. The zero-order valence-corrected chi connectivity index (χ0v) is 13.6. The highest BCUT2D eigenvalue weighted by atomic mass is 35.5. The van der Waals surface area contributed by atoms with Crippen LogP contribution in [0.3, 0.4) is 0 Å². The fourth-order valence-corrected chi connectivity index (χ4v) is 2.35. The Morgan fingerprint density at radius 2 is 1.80 bits per heavy atom. The fourth-order valence-electron chi connectivity index (χ4n) is 2.15. The second kappa shape index (κ2) is 7.54. The molecule has 0 saturated heterocycles. The maximum Gasteiger partial charge on any atom is 0.353 e. The molecule has 1 aromatic carbocycles. The molecule has 126 valence electrons. The molecule has 8 nitrogen and oxygen atoms in total. The van der Waals surface area contributed by atoms with E-state index in [0.29, 0.717) is 17.4 Å². The minimum atomic E-state index is -0.541. The number of aromatic nitrogens is 3. The van der Waals surface area contributed by atoms with Crippen LogP contribution in [-0.2, 0) is 6.54 Å². The van der Waals surface area contributed by atoms with Gasteiger partial charge in [-0.05, 0) is 23.8 Å². The number of nitro groups is 1. The van der Waals surface area contributed by atoms with Crippen molar-refractivity contribution in [2.24, 2.45) is 0 Å². The largest absolute Gasteiger partial charge is 0.360 e. The molecule has 0 spiro atoms. The normalized spacial score (nSPS) is 10.3. The van der Waals surface area contributed by atoms with Crippen LogP contribution >= 0.6 is 11.6 Å². The van der Waals surface area contributed by atoms with Crippen molar-refractivity contribution in [1.29, 1.82) is 0 Å². The zero-order chi connectivity index (χ0) is 17.6. The van der Waals surface area contributed by atoms with Gasteiger partial charge in [0.2, 0.25) is 11.6 Å². The summed E-state index contributed by atoms with van der Waals surface area (Å²) in [4.78, 5) is 23.0. The van der Waals surface area contributed by atoms with Crippen LogP contribution in [0.2, 0.25) is 5.02 Å². The monoisotopic (exact) mass is 356 g/mol. The third-order valence-electron chi connectivity index (χ3n) is 3.32. The van der Waals surface area contributed by atoms with Crippen molar-refractivity contribution in [2.75, 3.05) is 10.6 Å². The fraction of sp³-hybridized carbons (Fsp3) is 0.0625. The molecule has 9 heteroatoms. The topological polar surface area (TPSA) is 106 Å². The molecule has 0 aliphatic heterocycles. The highest BCUT2D eigenvalue weighted by molar-refractivity contribution is 6.31. The van der Waals surface area contributed by atoms with Gasteiger partial charge in [0.05, 0.1) is 4.92 Å². The van der Waals surface area contributed by atoms with Gasteiger partial charge >= 0.3 is 5.69 Å². The number of benzene rings is 1. The molecule has 3 rings (SSSR count). The summed E-state index contributed by atoms with van der Waals surface area (Å²) in [5.74, 6) is 0.597. The van der Waals surface area contributed by atoms with Crippen LogP contribution in [0.15, 0.2) is 55.0 Å². The first-order valence-electron chi connectivity index (χ1n) is 7.30. The van der Waals surface area contributed by atoms with Crippen molar-refractivity contribution >= 4 is 34.7 Å². The van der Waals surface area contributed by atoms with Gasteiger partial charge in [0, 0.05) is 17.8 Å². The molecular formula is C16H13ClN6O2. The molecule has 2 N–H and O–H groups in total. The summed E-state index contributed by atoms with van der Waals surface area (Å²) in [6.45, 7) is 0.292. The van der Waals surface area contributed by atoms with Crippen LogP contribution in [0, 0.1) is 10.1 Å². The average molecular weight is 357 g/mol. The first kappa shape index (κ1) is 16.6. The van der Waals surface area contributed by atoms with Gasteiger partial charge < -0.3 is 10.6 Å². The van der Waals surface area contributed by atoms with Gasteiger partial charge in [-0.3, -0.25) is 10.1 Å². The van der Waals surface area contributed by atoms with E-state index < -0.39 is 4.92 Å². The van der Waals surface area contributed by atoms with E-state index in [-0.39, 0.29) is 17.3 Å². The van der Waals surface area contributed by atoms with Crippen LogP contribution in [0.4, 0.5) is 23.1 Å². The number of nitrogens with zero attached hydrogens (tertiary/aromatic N) is 4. The molecule has 0 amide bonds. The van der Waals surface area contributed by atoms with Gasteiger partial charge in [-0.15, -0.1) is 0 Å². The average Bonchev–Trinajstić information content (AvgIpc) is 2.62. The minimum absolute atomic E-state index is 0.0559. The summed E-state index contributed by atoms with van der Waals surface area (Å²) >= 11 is 6.10. The number of anilines is 3. The summed E-state index contributed by atoms with van der Waals surface area (Å²) in [7, 11) is 0. The molecule has 0 atom stereocenters. The molecule has 0 saturated carbocycles. The van der Waals surface area contributed by atoms with E-state index in [1.165, 1.54) is 6.33 Å². The summed E-state index contributed by atoms with van der Waals surface area (Å²) in [5.41, 5.74) is 0.538. The van der Waals surface area contributed by atoms with Crippen molar-refractivity contribution in [3.8, 4) is 0 Å². The van der Waals surface area contributed by atoms with Crippen molar-refractivity contribution in [1.82, 2.24) is 15.0 Å². The lowest BCUT2D eigenvalue weighted by Gasteiger charge is -2.10. The number of pyridine rings is 1. The Hall–Kier alpha value is -3.26. The van der Waals surface area contributed by atoms with E-state index in [1.807, 2.05) is 18.2 Å². The van der Waals surface area contributed by atoms with Crippen molar-refractivity contribution in [3.63, 3.8) is 0 Å².